The van der Waals surface area contributed by atoms with Gasteiger partial charge in [-0.1, -0.05) is 20.4 Å². The average molecular weight is 242 g/mol. The Bertz CT molecular complexity index is 357. The van der Waals surface area contributed by atoms with Crippen LogP contribution in [0.4, 0.5) is 0 Å². The quantitative estimate of drug-likeness (QED) is 0.529. The maximum Gasteiger partial charge on any atom is 0.347 e. The first kappa shape index (κ1) is 13.2. The first-order chi connectivity index (χ1) is 7.85. The van der Waals surface area contributed by atoms with E-state index in [2.05, 4.69) is 11.3 Å². The second-order valence-corrected chi connectivity index (χ2v) is 4.29. The molecule has 0 bridgehead atoms. The molecule has 94 valence electrons. The summed E-state index contributed by atoms with van der Waals surface area (Å²) >= 11 is 0. The number of esters is 3. The lowest BCUT2D eigenvalue weighted by molar-refractivity contribution is -0.192. The molecule has 1 fully saturated rings. The van der Waals surface area contributed by atoms with Crippen LogP contribution >= 0.6 is 0 Å². The zero-order valence-corrected chi connectivity index (χ0v) is 9.73. The highest BCUT2D eigenvalue weighted by molar-refractivity contribution is 5.83. The highest BCUT2D eigenvalue weighted by Crippen LogP contribution is 2.35. The van der Waals surface area contributed by atoms with E-state index in [0.29, 0.717) is 0 Å². The summed E-state index contributed by atoms with van der Waals surface area (Å²) < 4.78 is 14.2. The Kier molecular flexibility index (Phi) is 3.88. The van der Waals surface area contributed by atoms with Gasteiger partial charge in [0.2, 0.25) is 0 Å². The van der Waals surface area contributed by atoms with Gasteiger partial charge in [0.25, 0.3) is 6.29 Å². The van der Waals surface area contributed by atoms with Crippen molar-refractivity contribution < 1.29 is 28.6 Å². The van der Waals surface area contributed by atoms with Crippen molar-refractivity contribution in [3.8, 4) is 0 Å². The lowest BCUT2D eigenvalue weighted by Crippen LogP contribution is -2.31. The van der Waals surface area contributed by atoms with Crippen molar-refractivity contribution in [2.24, 2.45) is 5.41 Å². The monoisotopic (exact) mass is 242 g/mol. The summed E-state index contributed by atoms with van der Waals surface area (Å²) in [6.07, 6.45) is 0.175. The third kappa shape index (κ3) is 3.58. The minimum atomic E-state index is -0.940. The summed E-state index contributed by atoms with van der Waals surface area (Å²) in [7, 11) is 0. The van der Waals surface area contributed by atoms with E-state index in [4.69, 9.17) is 9.47 Å². The Hall–Kier alpha value is -1.85. The predicted octanol–water partition coefficient (Wildman–Crippen LogP) is 0.558. The number of carbonyl (C=O) groups excluding carboxylic acids is 3. The molecular formula is C11H14O6. The molecule has 1 unspecified atom stereocenters. The average Bonchev–Trinajstić information content (AvgIpc) is 2.48. The summed E-state index contributed by atoms with van der Waals surface area (Å²) in [4.78, 5) is 33.0. The number of cyclic esters (lactones) is 1. The maximum atomic E-state index is 11.3. The van der Waals surface area contributed by atoms with Crippen molar-refractivity contribution in [2.45, 2.75) is 26.6 Å². The summed E-state index contributed by atoms with van der Waals surface area (Å²) in [6.45, 7) is 6.13. The van der Waals surface area contributed by atoms with Crippen molar-refractivity contribution >= 4 is 17.9 Å². The summed E-state index contributed by atoms with van der Waals surface area (Å²) in [5.74, 6) is -1.91. The lowest BCUT2D eigenvalue weighted by Gasteiger charge is -2.22. The minimum absolute atomic E-state index is 0.178. The van der Waals surface area contributed by atoms with Gasteiger partial charge in [0.1, 0.15) is 0 Å². The van der Waals surface area contributed by atoms with Crippen LogP contribution in [0.3, 0.4) is 0 Å². The smallest absolute Gasteiger partial charge is 0.347 e. The van der Waals surface area contributed by atoms with Crippen molar-refractivity contribution in [1.82, 2.24) is 0 Å². The van der Waals surface area contributed by atoms with Crippen molar-refractivity contribution in [1.29, 1.82) is 0 Å². The molecule has 1 atom stereocenters. The van der Waals surface area contributed by atoms with Crippen LogP contribution in [-0.4, -0.2) is 30.8 Å². The molecule has 0 N–H and O–H groups in total. The number of ether oxygens (including phenoxy) is 3. The van der Waals surface area contributed by atoms with Crippen LogP contribution in [0.2, 0.25) is 0 Å². The largest absolute Gasteiger partial charge is 0.451 e. The second-order valence-electron chi connectivity index (χ2n) is 4.29. The first-order valence-corrected chi connectivity index (χ1v) is 5.03. The Morgan fingerprint density at radius 1 is 1.59 bits per heavy atom. The molecule has 1 aliphatic heterocycles. The molecule has 0 aromatic heterocycles. The van der Waals surface area contributed by atoms with Crippen LogP contribution in [0, 0.1) is 5.41 Å². The third-order valence-corrected chi connectivity index (χ3v) is 2.21. The summed E-state index contributed by atoms with van der Waals surface area (Å²) in [5.41, 5.74) is -0.574. The highest BCUT2D eigenvalue weighted by atomic mass is 16.7. The van der Waals surface area contributed by atoms with Gasteiger partial charge in [-0.25, -0.2) is 9.59 Å². The van der Waals surface area contributed by atoms with Crippen LogP contribution in [0.5, 0.6) is 0 Å². The standard InChI is InChI=1S/C11H14O6/c1-4-7(12)15-6-9(14)17-10-11(2,3)5-8(13)16-10/h4,10H,1,5-6H2,2-3H3. The minimum Gasteiger partial charge on any atom is -0.451 e. The molecule has 1 aliphatic rings. The highest BCUT2D eigenvalue weighted by Gasteiger charge is 2.44. The molecule has 6 heteroatoms. The molecular weight excluding hydrogens is 228 g/mol. The maximum absolute atomic E-state index is 11.3. The molecule has 0 amide bonds. The van der Waals surface area contributed by atoms with Crippen LogP contribution in [0.15, 0.2) is 12.7 Å². The van der Waals surface area contributed by atoms with E-state index in [0.717, 1.165) is 6.08 Å². The van der Waals surface area contributed by atoms with Gasteiger partial charge in [-0.15, -0.1) is 0 Å². The van der Waals surface area contributed by atoms with Crippen LogP contribution < -0.4 is 0 Å². The molecule has 1 rings (SSSR count). The fraction of sp³-hybridized carbons (Fsp3) is 0.545. The molecule has 17 heavy (non-hydrogen) atoms. The fourth-order valence-electron chi connectivity index (χ4n) is 1.30. The summed E-state index contributed by atoms with van der Waals surface area (Å²) in [6, 6.07) is 0. The van der Waals surface area contributed by atoms with Crippen molar-refractivity contribution in [3.63, 3.8) is 0 Å². The molecule has 0 radical (unpaired) electrons. The lowest BCUT2D eigenvalue weighted by atomic mass is 9.91. The Labute approximate surface area is 98.5 Å². The molecule has 6 nitrogen and oxygen atoms in total. The predicted molar refractivity (Wildman–Crippen MR) is 55.5 cm³/mol. The Morgan fingerprint density at radius 2 is 2.24 bits per heavy atom. The SMILES string of the molecule is C=CC(=O)OCC(=O)OC1OC(=O)CC1(C)C. The van der Waals surface area contributed by atoms with Gasteiger partial charge in [-0.3, -0.25) is 4.79 Å². The summed E-state index contributed by atoms with van der Waals surface area (Å²) in [5, 5.41) is 0. The third-order valence-electron chi connectivity index (χ3n) is 2.21. The van der Waals surface area contributed by atoms with Crippen LogP contribution in [0.25, 0.3) is 0 Å². The molecule has 0 saturated carbocycles. The number of carbonyl (C=O) groups is 3. The van der Waals surface area contributed by atoms with E-state index in [-0.39, 0.29) is 6.42 Å². The normalized spacial score (nSPS) is 21.5. The molecule has 0 aromatic carbocycles. The van der Waals surface area contributed by atoms with Gasteiger partial charge in [-0.2, -0.15) is 0 Å². The number of hydrogen-bond donors (Lipinski definition) is 0. The van der Waals surface area contributed by atoms with E-state index >= 15 is 0 Å². The Morgan fingerprint density at radius 3 is 2.71 bits per heavy atom. The van der Waals surface area contributed by atoms with E-state index < -0.39 is 36.2 Å². The molecule has 0 aliphatic carbocycles. The van der Waals surface area contributed by atoms with Gasteiger partial charge < -0.3 is 14.2 Å². The second kappa shape index (κ2) is 4.99. The fourth-order valence-corrected chi connectivity index (χ4v) is 1.30. The van der Waals surface area contributed by atoms with Gasteiger partial charge >= 0.3 is 17.9 Å². The molecule has 0 aromatic rings. The Balaban J connectivity index is 2.44. The molecule has 1 heterocycles. The number of hydrogen-bond acceptors (Lipinski definition) is 6. The van der Waals surface area contributed by atoms with Gasteiger partial charge in [-0.05, 0) is 0 Å². The van der Waals surface area contributed by atoms with E-state index in [1.807, 2.05) is 0 Å². The van der Waals surface area contributed by atoms with Gasteiger partial charge in [0.15, 0.2) is 6.61 Å². The zero-order valence-electron chi connectivity index (χ0n) is 9.73. The van der Waals surface area contributed by atoms with E-state index in [9.17, 15) is 14.4 Å². The molecule has 0 spiro atoms. The van der Waals surface area contributed by atoms with Crippen molar-refractivity contribution in [3.05, 3.63) is 12.7 Å². The topological polar surface area (TPSA) is 78.9 Å². The number of rotatable bonds is 4. The zero-order chi connectivity index (χ0) is 13.1. The van der Waals surface area contributed by atoms with E-state index in [1.54, 1.807) is 13.8 Å². The van der Waals surface area contributed by atoms with Gasteiger partial charge in [0, 0.05) is 11.5 Å². The first-order valence-electron chi connectivity index (χ1n) is 5.03. The van der Waals surface area contributed by atoms with Crippen LogP contribution in [0.1, 0.15) is 20.3 Å². The van der Waals surface area contributed by atoms with Crippen molar-refractivity contribution in [2.75, 3.05) is 6.61 Å². The molecule has 1 saturated heterocycles. The van der Waals surface area contributed by atoms with Crippen LogP contribution in [-0.2, 0) is 28.6 Å². The van der Waals surface area contributed by atoms with Gasteiger partial charge in [0.05, 0.1) is 6.42 Å². The van der Waals surface area contributed by atoms with E-state index in [1.165, 1.54) is 0 Å².